The second-order valence-electron chi connectivity index (χ2n) is 3.25. The molecule has 10 heteroatoms. The Hall–Kier alpha value is -1.74. The van der Waals surface area contributed by atoms with Crippen LogP contribution in [0.2, 0.25) is 0 Å². The van der Waals surface area contributed by atoms with Crippen LogP contribution >= 0.6 is 0 Å². The van der Waals surface area contributed by atoms with Gasteiger partial charge < -0.3 is 14.6 Å². The van der Waals surface area contributed by atoms with Gasteiger partial charge in [-0.1, -0.05) is 6.92 Å². The number of ether oxygens (including phenoxy) is 1. The first-order valence-electron chi connectivity index (χ1n) is 4.63. The molecule has 0 saturated heterocycles. The number of esters is 1. The molecule has 0 rings (SSSR count). The van der Waals surface area contributed by atoms with Crippen molar-refractivity contribution >= 4 is 11.9 Å². The van der Waals surface area contributed by atoms with E-state index in [1.54, 1.807) is 0 Å². The molecule has 110 valence electrons. The maximum absolute atomic E-state index is 12.5. The van der Waals surface area contributed by atoms with Gasteiger partial charge >= 0.3 is 23.9 Å². The smallest absolute Gasteiger partial charge is 0.437 e. The third-order valence-corrected chi connectivity index (χ3v) is 2.04. The maximum Gasteiger partial charge on any atom is 0.437 e. The number of hydrogen-bond donors (Lipinski definition) is 0. The summed E-state index contributed by atoms with van der Waals surface area (Å²) < 4.78 is 78.3. The Labute approximate surface area is 102 Å². The highest BCUT2D eigenvalue weighted by molar-refractivity contribution is 5.90. The van der Waals surface area contributed by atoms with Crippen LogP contribution in [-0.2, 0) is 14.3 Å². The minimum absolute atomic E-state index is 0.0461. The molecule has 0 amide bonds. The minimum Gasteiger partial charge on any atom is -0.545 e. The van der Waals surface area contributed by atoms with Crippen molar-refractivity contribution in [2.45, 2.75) is 31.3 Å². The lowest BCUT2D eigenvalue weighted by molar-refractivity contribution is -0.369. The third kappa shape index (κ3) is 3.86. The molecule has 0 aliphatic heterocycles. The molecule has 0 bridgehead atoms. The quantitative estimate of drug-likeness (QED) is 0.442. The Morgan fingerprint density at radius 2 is 1.47 bits per heavy atom. The first-order chi connectivity index (χ1) is 8.37. The van der Waals surface area contributed by atoms with Gasteiger partial charge in [0.25, 0.3) is 0 Å². The summed E-state index contributed by atoms with van der Waals surface area (Å²) in [6.07, 6.45) is -13.5. The van der Waals surface area contributed by atoms with E-state index in [1.165, 1.54) is 0 Å². The largest absolute Gasteiger partial charge is 0.545 e. The fraction of sp³-hybridized carbons (Fsp3) is 0.556. The van der Waals surface area contributed by atoms with E-state index < -0.39 is 36.3 Å². The molecule has 0 aromatic rings. The predicted molar refractivity (Wildman–Crippen MR) is 45.4 cm³/mol. The van der Waals surface area contributed by atoms with Crippen molar-refractivity contribution in [2.24, 2.45) is 0 Å². The van der Waals surface area contributed by atoms with Crippen LogP contribution < -0.4 is 5.11 Å². The van der Waals surface area contributed by atoms with Crippen molar-refractivity contribution in [1.29, 1.82) is 0 Å². The Morgan fingerprint density at radius 3 is 1.74 bits per heavy atom. The molecule has 0 aliphatic rings. The summed E-state index contributed by atoms with van der Waals surface area (Å²) >= 11 is 0. The highest BCUT2D eigenvalue weighted by Gasteiger charge is 2.73. The van der Waals surface area contributed by atoms with Crippen LogP contribution in [0.15, 0.2) is 12.2 Å². The van der Waals surface area contributed by atoms with E-state index in [0.29, 0.717) is 6.92 Å². The summed E-state index contributed by atoms with van der Waals surface area (Å²) in [5.41, 5.74) is -4.69. The lowest BCUT2D eigenvalue weighted by Gasteiger charge is -2.35. The van der Waals surface area contributed by atoms with Crippen molar-refractivity contribution < 1.29 is 45.8 Å². The second-order valence-corrected chi connectivity index (χ2v) is 3.25. The zero-order chi connectivity index (χ0) is 15.5. The summed E-state index contributed by atoms with van der Waals surface area (Å²) in [5, 5.41) is 9.88. The number of carboxylic acid groups (broad SMARTS) is 1. The summed E-state index contributed by atoms with van der Waals surface area (Å²) in [7, 11) is 0. The molecule has 4 nitrogen and oxygen atoms in total. The number of rotatable bonds is 4. The average Bonchev–Trinajstić information content (AvgIpc) is 2.19. The maximum atomic E-state index is 12.5. The van der Waals surface area contributed by atoms with Gasteiger partial charge in [0.2, 0.25) is 0 Å². The van der Waals surface area contributed by atoms with E-state index in [9.17, 15) is 41.0 Å². The molecule has 0 atom stereocenters. The monoisotopic (exact) mass is 293 g/mol. The lowest BCUT2D eigenvalue weighted by Crippen LogP contribution is -2.59. The Morgan fingerprint density at radius 1 is 1.05 bits per heavy atom. The van der Waals surface area contributed by atoms with Crippen LogP contribution in [-0.4, -0.2) is 29.9 Å². The van der Waals surface area contributed by atoms with Crippen molar-refractivity contribution in [3.8, 4) is 0 Å². The summed E-state index contributed by atoms with van der Waals surface area (Å²) in [4.78, 5) is 20.7. The molecule has 19 heavy (non-hydrogen) atoms. The molecule has 0 aromatic heterocycles. The van der Waals surface area contributed by atoms with Gasteiger partial charge in [-0.2, -0.15) is 26.3 Å². The van der Waals surface area contributed by atoms with Gasteiger partial charge in [0.15, 0.2) is 0 Å². The second kappa shape index (κ2) is 5.49. The zero-order valence-corrected chi connectivity index (χ0v) is 9.26. The molecule has 0 radical (unpaired) electrons. The van der Waals surface area contributed by atoms with Gasteiger partial charge in [0.1, 0.15) is 0 Å². The summed E-state index contributed by atoms with van der Waals surface area (Å²) in [5.74, 6) is -4.07. The molecule has 0 saturated carbocycles. The molecule has 0 heterocycles. The first-order valence-corrected chi connectivity index (χ1v) is 4.63. The van der Waals surface area contributed by atoms with Crippen molar-refractivity contribution in [2.75, 3.05) is 0 Å². The Kier molecular flexibility index (Phi) is 4.99. The molecule has 0 aromatic carbocycles. The van der Waals surface area contributed by atoms with Crippen LogP contribution in [0.1, 0.15) is 13.3 Å². The molecule has 0 N–H and O–H groups in total. The molecular weight excluding hydrogens is 286 g/mol. The highest BCUT2D eigenvalue weighted by Crippen LogP contribution is 2.48. The van der Waals surface area contributed by atoms with Crippen LogP contribution in [0, 0.1) is 0 Å². The average molecular weight is 293 g/mol. The Bertz CT molecular complexity index is 367. The zero-order valence-electron chi connectivity index (χ0n) is 9.26. The van der Waals surface area contributed by atoms with Gasteiger partial charge in [-0.25, -0.2) is 4.79 Å². The van der Waals surface area contributed by atoms with Gasteiger partial charge in [-0.3, -0.25) is 0 Å². The molecule has 0 spiro atoms. The molecular formula is C9H7F6O4-. The third-order valence-electron chi connectivity index (χ3n) is 2.04. The fourth-order valence-corrected chi connectivity index (χ4v) is 1.09. The summed E-state index contributed by atoms with van der Waals surface area (Å²) in [6, 6.07) is 0. The summed E-state index contributed by atoms with van der Waals surface area (Å²) in [6.45, 7) is 0.525. The van der Waals surface area contributed by atoms with E-state index >= 15 is 0 Å². The number of alkyl halides is 6. The SMILES string of the molecule is CCC(OC(=O)C=CC(=O)[O-])(C(F)(F)F)C(F)(F)F. The topological polar surface area (TPSA) is 66.4 Å². The van der Waals surface area contributed by atoms with Crippen LogP contribution in [0.5, 0.6) is 0 Å². The minimum atomic E-state index is -5.90. The number of carboxylic acids is 1. The lowest BCUT2D eigenvalue weighted by atomic mass is 9.99. The van der Waals surface area contributed by atoms with Crippen LogP contribution in [0.4, 0.5) is 26.3 Å². The highest BCUT2D eigenvalue weighted by atomic mass is 19.4. The van der Waals surface area contributed by atoms with Gasteiger partial charge in [0, 0.05) is 12.5 Å². The van der Waals surface area contributed by atoms with Gasteiger partial charge in [0.05, 0.1) is 5.97 Å². The fourth-order valence-electron chi connectivity index (χ4n) is 1.09. The number of halogens is 6. The number of hydrogen-bond acceptors (Lipinski definition) is 4. The first kappa shape index (κ1) is 17.3. The van der Waals surface area contributed by atoms with Crippen molar-refractivity contribution in [3.63, 3.8) is 0 Å². The predicted octanol–water partition coefficient (Wildman–Crippen LogP) is 1.11. The van der Waals surface area contributed by atoms with Crippen molar-refractivity contribution in [3.05, 3.63) is 12.2 Å². The van der Waals surface area contributed by atoms with Crippen LogP contribution in [0.3, 0.4) is 0 Å². The van der Waals surface area contributed by atoms with E-state index in [-0.39, 0.29) is 12.2 Å². The van der Waals surface area contributed by atoms with E-state index in [2.05, 4.69) is 4.74 Å². The normalized spacial score (nSPS) is 13.6. The standard InChI is InChI=1S/C9H8F6O4/c1-2-7(8(10,11)12,9(13,14)15)19-6(18)4-3-5(16)17/h3-4H,2H2,1H3,(H,16,17)/p-1. The molecule has 0 unspecified atom stereocenters. The van der Waals surface area contributed by atoms with E-state index in [1.807, 2.05) is 0 Å². The molecule has 0 fully saturated rings. The number of carbonyl (C=O) groups is 2. The van der Waals surface area contributed by atoms with E-state index in [0.717, 1.165) is 0 Å². The van der Waals surface area contributed by atoms with Gasteiger partial charge in [-0.05, 0) is 6.08 Å². The number of aliphatic carboxylic acids is 1. The Balaban J connectivity index is 5.42. The van der Waals surface area contributed by atoms with Crippen molar-refractivity contribution in [1.82, 2.24) is 0 Å². The van der Waals surface area contributed by atoms with Gasteiger partial charge in [-0.15, -0.1) is 0 Å². The molecule has 0 aliphatic carbocycles. The van der Waals surface area contributed by atoms with Crippen LogP contribution in [0.25, 0.3) is 0 Å². The number of carbonyl (C=O) groups excluding carboxylic acids is 2. The van der Waals surface area contributed by atoms with E-state index in [4.69, 9.17) is 0 Å².